The van der Waals surface area contributed by atoms with E-state index in [-0.39, 0.29) is 10.6 Å². The highest BCUT2D eigenvalue weighted by Gasteiger charge is 2.21. The van der Waals surface area contributed by atoms with Crippen molar-refractivity contribution in [3.63, 3.8) is 0 Å². The van der Waals surface area contributed by atoms with Crippen molar-refractivity contribution in [1.82, 2.24) is 0 Å². The van der Waals surface area contributed by atoms with Crippen molar-refractivity contribution in [2.75, 3.05) is 5.73 Å². The predicted octanol–water partition coefficient (Wildman–Crippen LogP) is 1.69. The Morgan fingerprint density at radius 2 is 1.89 bits per heavy atom. The highest BCUT2D eigenvalue weighted by atomic mass is 32.2. The van der Waals surface area contributed by atoms with E-state index in [1.165, 1.54) is 0 Å². The number of fused-ring (bicyclic) bond motifs is 1. The molecule has 0 radical (unpaired) electrons. The Morgan fingerprint density at radius 3 is 2.44 bits per heavy atom. The fraction of sp³-hybridized carbons (Fsp3) is 0.167. The van der Waals surface area contributed by atoms with Crippen molar-refractivity contribution in [3.8, 4) is 0 Å². The molecule has 0 heterocycles. The van der Waals surface area contributed by atoms with E-state index >= 15 is 0 Å². The van der Waals surface area contributed by atoms with Gasteiger partial charge in [-0.3, -0.25) is 4.55 Å². The van der Waals surface area contributed by atoms with E-state index in [0.29, 0.717) is 16.3 Å². The standard InChI is InChI=1S/C12H14N2O3S/c1-7(13)10-6-8-4-2-3-5-9(8)12(11(10)14)18(15,16)17/h2-7H,13-14H2,1H3,(H,15,16,17). The second-order valence-electron chi connectivity index (χ2n) is 4.19. The lowest BCUT2D eigenvalue weighted by atomic mass is 10.0. The average Bonchev–Trinajstić information content (AvgIpc) is 2.25. The van der Waals surface area contributed by atoms with Crippen molar-refractivity contribution in [3.05, 3.63) is 35.9 Å². The molecule has 1 unspecified atom stereocenters. The molecule has 0 saturated heterocycles. The van der Waals surface area contributed by atoms with E-state index in [4.69, 9.17) is 11.5 Å². The number of benzene rings is 2. The molecule has 0 aromatic heterocycles. The molecule has 2 rings (SSSR count). The van der Waals surface area contributed by atoms with Crippen molar-refractivity contribution < 1.29 is 13.0 Å². The van der Waals surface area contributed by atoms with Crippen LogP contribution >= 0.6 is 0 Å². The molecule has 0 amide bonds. The third-order valence-corrected chi connectivity index (χ3v) is 3.78. The maximum Gasteiger partial charge on any atom is 0.297 e. The highest BCUT2D eigenvalue weighted by molar-refractivity contribution is 7.86. The van der Waals surface area contributed by atoms with Crippen LogP contribution in [-0.2, 0) is 10.1 Å². The molecule has 5 N–H and O–H groups in total. The normalized spacial score (nSPS) is 13.7. The smallest absolute Gasteiger partial charge is 0.297 e. The molecule has 5 nitrogen and oxygen atoms in total. The van der Waals surface area contributed by atoms with E-state index < -0.39 is 16.2 Å². The number of nitrogen functional groups attached to an aromatic ring is 1. The van der Waals surface area contributed by atoms with Gasteiger partial charge >= 0.3 is 0 Å². The first kappa shape index (κ1) is 12.8. The van der Waals surface area contributed by atoms with Crippen LogP contribution in [0.1, 0.15) is 18.5 Å². The molecule has 96 valence electrons. The SMILES string of the molecule is CC(N)c1cc2ccccc2c(S(=O)(=O)O)c1N. The summed E-state index contributed by atoms with van der Waals surface area (Å²) in [7, 11) is -4.40. The first-order chi connectivity index (χ1) is 8.32. The summed E-state index contributed by atoms with van der Waals surface area (Å²) in [6.45, 7) is 1.70. The Labute approximate surface area is 105 Å². The van der Waals surface area contributed by atoms with E-state index in [1.54, 1.807) is 37.3 Å². The Balaban J connectivity index is 3.00. The molecule has 2 aromatic rings. The van der Waals surface area contributed by atoms with Crippen LogP contribution in [0.3, 0.4) is 0 Å². The van der Waals surface area contributed by atoms with Crippen LogP contribution in [0.4, 0.5) is 5.69 Å². The summed E-state index contributed by atoms with van der Waals surface area (Å²) in [6.07, 6.45) is 0. The molecule has 0 aliphatic rings. The average molecular weight is 266 g/mol. The van der Waals surface area contributed by atoms with Crippen molar-refractivity contribution in [2.45, 2.75) is 17.9 Å². The number of nitrogens with two attached hydrogens (primary N) is 2. The fourth-order valence-corrected chi connectivity index (χ4v) is 2.87. The van der Waals surface area contributed by atoms with Gasteiger partial charge in [-0.25, -0.2) is 0 Å². The summed E-state index contributed by atoms with van der Waals surface area (Å²) >= 11 is 0. The Morgan fingerprint density at radius 1 is 1.28 bits per heavy atom. The molecule has 0 fully saturated rings. The van der Waals surface area contributed by atoms with E-state index in [0.717, 1.165) is 0 Å². The van der Waals surface area contributed by atoms with Crippen molar-refractivity contribution >= 4 is 26.6 Å². The minimum absolute atomic E-state index is 0.00574. The molecule has 0 aliphatic carbocycles. The van der Waals surface area contributed by atoms with Crippen LogP contribution in [0.25, 0.3) is 10.8 Å². The molecule has 0 aliphatic heterocycles. The molecular formula is C12H14N2O3S. The van der Waals surface area contributed by atoms with Gasteiger partial charge in [0.15, 0.2) is 0 Å². The van der Waals surface area contributed by atoms with Gasteiger partial charge in [-0.15, -0.1) is 0 Å². The number of hydrogen-bond donors (Lipinski definition) is 3. The second-order valence-corrected chi connectivity index (χ2v) is 5.55. The van der Waals surface area contributed by atoms with Gasteiger partial charge in [0, 0.05) is 11.4 Å². The zero-order chi connectivity index (χ0) is 13.5. The third kappa shape index (κ3) is 2.05. The molecule has 18 heavy (non-hydrogen) atoms. The van der Waals surface area contributed by atoms with Crippen LogP contribution in [0.2, 0.25) is 0 Å². The summed E-state index contributed by atoms with van der Waals surface area (Å²) in [5.74, 6) is 0. The molecule has 6 heteroatoms. The third-order valence-electron chi connectivity index (χ3n) is 2.82. The monoisotopic (exact) mass is 266 g/mol. The summed E-state index contributed by atoms with van der Waals surface area (Å²) in [5.41, 5.74) is 12.1. The zero-order valence-corrected chi connectivity index (χ0v) is 10.6. The Bertz CT molecular complexity index is 709. The maximum atomic E-state index is 11.5. The molecule has 0 spiro atoms. The van der Waals surface area contributed by atoms with Gasteiger partial charge < -0.3 is 11.5 Å². The van der Waals surface area contributed by atoms with Gasteiger partial charge in [-0.05, 0) is 23.9 Å². The van der Waals surface area contributed by atoms with Gasteiger partial charge in [0.1, 0.15) is 4.90 Å². The van der Waals surface area contributed by atoms with Gasteiger partial charge in [0.05, 0.1) is 5.69 Å². The maximum absolute atomic E-state index is 11.5. The van der Waals surface area contributed by atoms with E-state index in [9.17, 15) is 13.0 Å². The lowest BCUT2D eigenvalue weighted by Gasteiger charge is -2.15. The van der Waals surface area contributed by atoms with Crippen LogP contribution in [0.15, 0.2) is 35.2 Å². The molecule has 1 atom stereocenters. The van der Waals surface area contributed by atoms with Crippen LogP contribution < -0.4 is 11.5 Å². The first-order valence-electron chi connectivity index (χ1n) is 5.36. The largest absolute Gasteiger partial charge is 0.397 e. The molecular weight excluding hydrogens is 252 g/mol. The minimum Gasteiger partial charge on any atom is -0.397 e. The van der Waals surface area contributed by atoms with Crippen molar-refractivity contribution in [1.29, 1.82) is 0 Å². The van der Waals surface area contributed by atoms with Crippen LogP contribution in [0, 0.1) is 0 Å². The zero-order valence-electron chi connectivity index (χ0n) is 9.79. The Kier molecular flexibility index (Phi) is 3.02. The van der Waals surface area contributed by atoms with Gasteiger partial charge in [-0.2, -0.15) is 8.42 Å². The highest BCUT2D eigenvalue weighted by Crippen LogP contribution is 2.33. The summed E-state index contributed by atoms with van der Waals surface area (Å²) < 4.78 is 32.3. The van der Waals surface area contributed by atoms with Gasteiger partial charge in [0.25, 0.3) is 10.1 Å². The summed E-state index contributed by atoms with van der Waals surface area (Å²) in [4.78, 5) is -0.270. The Hall–Kier alpha value is -1.63. The number of rotatable bonds is 2. The van der Waals surface area contributed by atoms with Gasteiger partial charge in [-0.1, -0.05) is 24.3 Å². The lowest BCUT2D eigenvalue weighted by molar-refractivity contribution is 0.484. The number of anilines is 1. The second kappa shape index (κ2) is 4.24. The topological polar surface area (TPSA) is 106 Å². The van der Waals surface area contributed by atoms with E-state index in [1.807, 2.05) is 0 Å². The summed E-state index contributed by atoms with van der Waals surface area (Å²) in [6, 6.07) is 8.12. The molecule has 0 saturated carbocycles. The predicted molar refractivity (Wildman–Crippen MR) is 70.8 cm³/mol. The van der Waals surface area contributed by atoms with Gasteiger partial charge in [0.2, 0.25) is 0 Å². The molecule has 0 bridgehead atoms. The van der Waals surface area contributed by atoms with Crippen LogP contribution in [-0.4, -0.2) is 13.0 Å². The molecule has 2 aromatic carbocycles. The van der Waals surface area contributed by atoms with Crippen molar-refractivity contribution in [2.24, 2.45) is 5.73 Å². The fourth-order valence-electron chi connectivity index (χ4n) is 2.01. The van der Waals surface area contributed by atoms with E-state index in [2.05, 4.69) is 0 Å². The lowest BCUT2D eigenvalue weighted by Crippen LogP contribution is -2.12. The first-order valence-corrected chi connectivity index (χ1v) is 6.80. The minimum atomic E-state index is -4.40. The number of hydrogen-bond acceptors (Lipinski definition) is 4. The van der Waals surface area contributed by atoms with Crippen LogP contribution in [0.5, 0.6) is 0 Å². The quantitative estimate of drug-likeness (QED) is 0.566. The summed E-state index contributed by atoms with van der Waals surface area (Å²) in [5, 5.41) is 1.06.